The van der Waals surface area contributed by atoms with E-state index < -0.39 is 11.6 Å². The summed E-state index contributed by atoms with van der Waals surface area (Å²) >= 11 is 0. The number of carbonyl (C=O) groups is 1. The Morgan fingerprint density at radius 3 is 2.38 bits per heavy atom. The zero-order chi connectivity index (χ0) is 15.4. The highest BCUT2D eigenvalue weighted by atomic mass is 19.1. The van der Waals surface area contributed by atoms with Crippen LogP contribution in [0.2, 0.25) is 0 Å². The van der Waals surface area contributed by atoms with Crippen molar-refractivity contribution in [2.24, 2.45) is 0 Å². The summed E-state index contributed by atoms with van der Waals surface area (Å²) < 4.78 is 28.1. The molecule has 0 spiro atoms. The molecule has 3 nitrogen and oxygen atoms in total. The molecule has 21 heavy (non-hydrogen) atoms. The third-order valence-electron chi connectivity index (χ3n) is 3.51. The van der Waals surface area contributed by atoms with E-state index in [1.165, 1.54) is 0 Å². The van der Waals surface area contributed by atoms with Crippen LogP contribution >= 0.6 is 0 Å². The molecule has 0 unspecified atom stereocenters. The predicted octanol–water partition coefficient (Wildman–Crippen LogP) is 3.95. The maximum Gasteiger partial charge on any atom is 0.169 e. The van der Waals surface area contributed by atoms with Gasteiger partial charge in [0, 0.05) is 17.8 Å². The van der Waals surface area contributed by atoms with Crippen LogP contribution in [0.25, 0.3) is 0 Å². The Bertz CT molecular complexity index is 613. The van der Waals surface area contributed by atoms with Crippen molar-refractivity contribution in [3.8, 4) is 0 Å². The first-order valence-electron chi connectivity index (χ1n) is 7.06. The molecule has 0 saturated carbocycles. The summed E-state index contributed by atoms with van der Waals surface area (Å²) in [6, 6.07) is 4.91. The highest BCUT2D eigenvalue weighted by molar-refractivity contribution is 5.97. The fraction of sp³-hybridized carbons (Fsp3) is 0.375. The van der Waals surface area contributed by atoms with Gasteiger partial charge in [0.05, 0.1) is 18.2 Å². The first-order valence-corrected chi connectivity index (χ1v) is 7.06. The largest absolute Gasteiger partial charge is 0.294 e. The van der Waals surface area contributed by atoms with Gasteiger partial charge in [0.15, 0.2) is 5.78 Å². The van der Waals surface area contributed by atoms with Gasteiger partial charge in [-0.25, -0.2) is 8.78 Å². The number of Topliss-reactive ketones (excluding diaryl/α,β-unsaturated/α-hetero) is 1. The lowest BCUT2D eigenvalue weighted by Crippen LogP contribution is -2.10. The van der Waals surface area contributed by atoms with Gasteiger partial charge in [-0.3, -0.25) is 9.48 Å². The summed E-state index contributed by atoms with van der Waals surface area (Å²) in [5, 5.41) is 4.37. The van der Waals surface area contributed by atoms with Gasteiger partial charge in [0.2, 0.25) is 0 Å². The molecule has 0 aliphatic heterocycles. The Kier molecular flexibility index (Phi) is 4.83. The first kappa shape index (κ1) is 15.4. The van der Waals surface area contributed by atoms with Crippen molar-refractivity contribution in [3.63, 3.8) is 0 Å². The lowest BCUT2D eigenvalue weighted by Gasteiger charge is -2.12. The van der Waals surface area contributed by atoms with E-state index >= 15 is 0 Å². The van der Waals surface area contributed by atoms with Crippen molar-refractivity contribution in [2.45, 2.75) is 39.2 Å². The Labute approximate surface area is 122 Å². The molecule has 5 heteroatoms. The molecule has 1 heterocycles. The molecule has 0 amide bonds. The second-order valence-corrected chi connectivity index (χ2v) is 5.02. The Hall–Kier alpha value is -2.04. The van der Waals surface area contributed by atoms with Gasteiger partial charge in [-0.05, 0) is 31.0 Å². The smallest absolute Gasteiger partial charge is 0.169 e. The SMILES string of the molecule is CCC(CC)n1ccc(CC(=O)c2cc(F)cc(F)c2)n1. The van der Waals surface area contributed by atoms with Crippen LogP contribution in [0.1, 0.15) is 48.8 Å². The Morgan fingerprint density at radius 1 is 1.19 bits per heavy atom. The van der Waals surface area contributed by atoms with Gasteiger partial charge >= 0.3 is 0 Å². The molecule has 0 aliphatic carbocycles. The minimum absolute atomic E-state index is 0.0320. The van der Waals surface area contributed by atoms with Crippen LogP contribution in [0.3, 0.4) is 0 Å². The van der Waals surface area contributed by atoms with Gasteiger partial charge in [0.25, 0.3) is 0 Å². The maximum atomic E-state index is 13.1. The van der Waals surface area contributed by atoms with Crippen molar-refractivity contribution in [1.82, 2.24) is 9.78 Å². The van der Waals surface area contributed by atoms with E-state index in [0.29, 0.717) is 11.7 Å². The van der Waals surface area contributed by atoms with Gasteiger partial charge in [-0.1, -0.05) is 13.8 Å². The number of aromatic nitrogens is 2. The quantitative estimate of drug-likeness (QED) is 0.756. The molecular weight excluding hydrogens is 274 g/mol. The molecule has 0 bridgehead atoms. The summed E-state index contributed by atoms with van der Waals surface area (Å²) in [6.07, 6.45) is 3.80. The molecule has 1 aromatic heterocycles. The minimum Gasteiger partial charge on any atom is -0.294 e. The third kappa shape index (κ3) is 3.74. The predicted molar refractivity (Wildman–Crippen MR) is 76.2 cm³/mol. The Balaban J connectivity index is 2.12. The second-order valence-electron chi connectivity index (χ2n) is 5.02. The molecule has 0 N–H and O–H groups in total. The average molecular weight is 292 g/mol. The first-order chi connectivity index (χ1) is 10.0. The molecule has 1 aromatic carbocycles. The van der Waals surface area contributed by atoms with Crippen LogP contribution in [0.4, 0.5) is 8.78 Å². The topological polar surface area (TPSA) is 34.9 Å². The number of hydrogen-bond acceptors (Lipinski definition) is 2. The molecule has 0 fully saturated rings. The fourth-order valence-electron chi connectivity index (χ4n) is 2.32. The molecule has 0 saturated heterocycles. The highest BCUT2D eigenvalue weighted by Crippen LogP contribution is 2.16. The standard InChI is InChI=1S/C16H18F2N2O/c1-3-15(4-2)20-6-5-14(19-20)10-16(21)11-7-12(17)9-13(18)8-11/h5-9,15H,3-4,10H2,1-2H3. The molecule has 2 rings (SSSR count). The number of ketones is 1. The maximum absolute atomic E-state index is 13.1. The second kappa shape index (κ2) is 6.61. The Morgan fingerprint density at radius 2 is 1.81 bits per heavy atom. The average Bonchev–Trinajstić information content (AvgIpc) is 2.87. The van der Waals surface area contributed by atoms with E-state index in [1.807, 2.05) is 10.9 Å². The van der Waals surface area contributed by atoms with Crippen molar-refractivity contribution in [1.29, 1.82) is 0 Å². The molecule has 0 radical (unpaired) electrons. The summed E-state index contributed by atoms with van der Waals surface area (Å²) in [7, 11) is 0. The normalized spacial score (nSPS) is 11.1. The van der Waals surface area contributed by atoms with Gasteiger partial charge in [-0.2, -0.15) is 5.10 Å². The summed E-state index contributed by atoms with van der Waals surface area (Å²) in [5.74, 6) is -1.84. The number of halogens is 2. The lowest BCUT2D eigenvalue weighted by molar-refractivity contribution is 0.0990. The van der Waals surface area contributed by atoms with Crippen LogP contribution < -0.4 is 0 Å². The van der Waals surface area contributed by atoms with Crippen LogP contribution in [0, 0.1) is 11.6 Å². The van der Waals surface area contributed by atoms with Gasteiger partial charge in [0.1, 0.15) is 11.6 Å². The summed E-state index contributed by atoms with van der Waals surface area (Å²) in [4.78, 5) is 12.1. The fourth-order valence-corrected chi connectivity index (χ4v) is 2.32. The van der Waals surface area contributed by atoms with Gasteiger partial charge in [-0.15, -0.1) is 0 Å². The molecule has 0 atom stereocenters. The number of rotatable bonds is 6. The molecule has 2 aromatic rings. The highest BCUT2D eigenvalue weighted by Gasteiger charge is 2.13. The molecule has 112 valence electrons. The molecule has 0 aliphatic rings. The van der Waals surface area contributed by atoms with E-state index in [1.54, 1.807) is 6.07 Å². The van der Waals surface area contributed by atoms with Crippen molar-refractivity contribution >= 4 is 5.78 Å². The van der Waals surface area contributed by atoms with Crippen molar-refractivity contribution in [3.05, 3.63) is 53.4 Å². The number of hydrogen-bond donors (Lipinski definition) is 0. The third-order valence-corrected chi connectivity index (χ3v) is 3.51. The van der Waals surface area contributed by atoms with E-state index in [0.717, 1.165) is 31.0 Å². The van der Waals surface area contributed by atoms with Crippen LogP contribution in [0.5, 0.6) is 0 Å². The van der Waals surface area contributed by atoms with E-state index in [-0.39, 0.29) is 17.8 Å². The van der Waals surface area contributed by atoms with Crippen LogP contribution in [0.15, 0.2) is 30.5 Å². The monoisotopic (exact) mass is 292 g/mol. The van der Waals surface area contributed by atoms with Crippen molar-refractivity contribution in [2.75, 3.05) is 0 Å². The van der Waals surface area contributed by atoms with Crippen molar-refractivity contribution < 1.29 is 13.6 Å². The lowest BCUT2D eigenvalue weighted by atomic mass is 10.1. The van der Waals surface area contributed by atoms with E-state index in [4.69, 9.17) is 0 Å². The molecular formula is C16H18F2N2O. The zero-order valence-electron chi connectivity index (χ0n) is 12.1. The summed E-state index contributed by atoms with van der Waals surface area (Å²) in [5.41, 5.74) is 0.640. The zero-order valence-corrected chi connectivity index (χ0v) is 12.1. The van der Waals surface area contributed by atoms with E-state index in [2.05, 4.69) is 18.9 Å². The van der Waals surface area contributed by atoms with Gasteiger partial charge < -0.3 is 0 Å². The van der Waals surface area contributed by atoms with E-state index in [9.17, 15) is 13.6 Å². The minimum atomic E-state index is -0.749. The van der Waals surface area contributed by atoms with Crippen LogP contribution in [-0.2, 0) is 6.42 Å². The number of nitrogens with zero attached hydrogens (tertiary/aromatic N) is 2. The van der Waals surface area contributed by atoms with Crippen LogP contribution in [-0.4, -0.2) is 15.6 Å². The summed E-state index contributed by atoms with van der Waals surface area (Å²) in [6.45, 7) is 4.16. The number of benzene rings is 1. The number of carbonyl (C=O) groups excluding carboxylic acids is 1.